The average Bonchev–Trinajstić information content (AvgIpc) is 3.04. The maximum Gasteiger partial charge on any atom is 0.243 e. The molecule has 150 valence electrons. The summed E-state index contributed by atoms with van der Waals surface area (Å²) in [5.74, 6) is -0.547. The van der Waals surface area contributed by atoms with Gasteiger partial charge in [0, 0.05) is 12.1 Å². The van der Waals surface area contributed by atoms with Crippen molar-refractivity contribution in [1.29, 1.82) is 0 Å². The lowest BCUT2D eigenvalue weighted by molar-refractivity contribution is 0.160. The first-order chi connectivity index (χ1) is 12.5. The number of rotatable bonds is 3. The van der Waals surface area contributed by atoms with Gasteiger partial charge in [-0.05, 0) is 24.3 Å². The highest BCUT2D eigenvalue weighted by molar-refractivity contribution is 7.92. The van der Waals surface area contributed by atoms with Gasteiger partial charge in [-0.1, -0.05) is 0 Å². The van der Waals surface area contributed by atoms with Crippen LogP contribution in [0.3, 0.4) is 0 Å². The van der Waals surface area contributed by atoms with Crippen molar-refractivity contribution >= 4 is 29.7 Å². The topological polar surface area (TPSA) is 127 Å². The van der Waals surface area contributed by atoms with Gasteiger partial charge >= 0.3 is 0 Å². The number of hydrogen-bond donors (Lipinski definition) is 1. The van der Waals surface area contributed by atoms with Crippen molar-refractivity contribution in [2.24, 2.45) is 0 Å². The van der Waals surface area contributed by atoms with E-state index in [0.717, 1.165) is 4.31 Å². The van der Waals surface area contributed by atoms with Gasteiger partial charge in [0.2, 0.25) is 10.0 Å². The van der Waals surface area contributed by atoms with Gasteiger partial charge in [0.15, 0.2) is 19.7 Å². The predicted molar refractivity (Wildman–Crippen MR) is 97.6 cm³/mol. The van der Waals surface area contributed by atoms with Gasteiger partial charge < -0.3 is 10.1 Å². The second kappa shape index (κ2) is 6.14. The summed E-state index contributed by atoms with van der Waals surface area (Å²) < 4.78 is 81.5. The van der Waals surface area contributed by atoms with Gasteiger partial charge in [0.25, 0.3) is 0 Å². The van der Waals surface area contributed by atoms with Crippen LogP contribution in [0, 0.1) is 0 Å². The monoisotopic (exact) mass is 436 g/mol. The molecule has 0 unspecified atom stereocenters. The first-order valence-corrected chi connectivity index (χ1v) is 13.5. The minimum Gasteiger partial charge on any atom is -0.497 e. The number of hydrogen-bond acceptors (Lipinski definition) is 8. The standard InChI is InChI=1S/C15H20N2O7S3/c1-24-10-2-4-11(5-3-10)27(22,23)17-14-8-25(18,19)6-12(14)16-13-7-26(20,21)9-15(13)17/h2-5,12-16H,6-9H2,1H3/t12-,13-,14+,15+/m0/s1. The first-order valence-electron chi connectivity index (χ1n) is 8.37. The minimum atomic E-state index is -4.09. The third-order valence-electron chi connectivity index (χ3n) is 5.36. The van der Waals surface area contributed by atoms with Crippen molar-refractivity contribution < 1.29 is 30.0 Å². The smallest absolute Gasteiger partial charge is 0.243 e. The summed E-state index contributed by atoms with van der Waals surface area (Å²) in [5, 5.41) is 3.08. The molecule has 3 aliphatic rings. The molecule has 4 rings (SSSR count). The maximum atomic E-state index is 13.4. The summed E-state index contributed by atoms with van der Waals surface area (Å²) in [6.45, 7) is 0. The lowest BCUT2D eigenvalue weighted by Gasteiger charge is -2.43. The van der Waals surface area contributed by atoms with E-state index in [1.807, 2.05) is 0 Å². The predicted octanol–water partition coefficient (Wildman–Crippen LogP) is -1.38. The number of sulfone groups is 2. The lowest BCUT2D eigenvalue weighted by Crippen LogP contribution is -2.67. The molecule has 0 aromatic heterocycles. The van der Waals surface area contributed by atoms with Crippen LogP contribution in [0.25, 0.3) is 0 Å². The van der Waals surface area contributed by atoms with E-state index in [4.69, 9.17) is 4.74 Å². The fraction of sp³-hybridized carbons (Fsp3) is 0.600. The lowest BCUT2D eigenvalue weighted by atomic mass is 10.0. The van der Waals surface area contributed by atoms with Gasteiger partial charge in [-0.25, -0.2) is 25.3 Å². The van der Waals surface area contributed by atoms with Crippen LogP contribution >= 0.6 is 0 Å². The van der Waals surface area contributed by atoms with Crippen molar-refractivity contribution in [2.75, 3.05) is 30.1 Å². The molecular weight excluding hydrogens is 416 g/mol. The molecule has 0 radical (unpaired) electrons. The van der Waals surface area contributed by atoms with E-state index in [2.05, 4.69) is 5.32 Å². The highest BCUT2D eigenvalue weighted by Gasteiger charge is 2.57. The van der Waals surface area contributed by atoms with E-state index in [1.165, 1.54) is 31.4 Å². The molecule has 9 nitrogen and oxygen atoms in total. The Balaban J connectivity index is 1.80. The zero-order valence-corrected chi connectivity index (χ0v) is 16.9. The van der Waals surface area contributed by atoms with Crippen LogP contribution in [0.1, 0.15) is 0 Å². The average molecular weight is 437 g/mol. The van der Waals surface area contributed by atoms with Gasteiger partial charge in [-0.2, -0.15) is 4.31 Å². The number of piperazine rings is 1. The highest BCUT2D eigenvalue weighted by Crippen LogP contribution is 2.36. The number of sulfonamides is 1. The third kappa shape index (κ3) is 3.27. The molecule has 0 saturated carbocycles. The SMILES string of the molecule is COc1ccc(S(=O)(=O)N2[C@@H]3CS(=O)(=O)C[C@@H]3N[C@H]3CS(=O)(=O)C[C@H]32)cc1. The molecule has 3 saturated heterocycles. The van der Waals surface area contributed by atoms with Crippen LogP contribution in [0.4, 0.5) is 0 Å². The Hall–Kier alpha value is -1.21. The van der Waals surface area contributed by atoms with E-state index >= 15 is 0 Å². The van der Waals surface area contributed by atoms with E-state index in [0.29, 0.717) is 5.75 Å². The first kappa shape index (κ1) is 19.1. The Morgan fingerprint density at radius 1 is 0.926 bits per heavy atom. The normalized spacial score (nSPS) is 34.7. The summed E-state index contributed by atoms with van der Waals surface area (Å²) in [6, 6.07) is 2.89. The zero-order chi connectivity index (χ0) is 19.6. The molecular formula is C15H20N2O7S3. The number of methoxy groups -OCH3 is 1. The summed E-state index contributed by atoms with van der Waals surface area (Å²) in [4.78, 5) is -0.0173. The number of nitrogens with one attached hydrogen (secondary N) is 1. The molecule has 3 aliphatic heterocycles. The Morgan fingerprint density at radius 2 is 1.41 bits per heavy atom. The van der Waals surface area contributed by atoms with Crippen LogP contribution in [-0.4, -0.2) is 83.8 Å². The minimum absolute atomic E-state index is 0.0173. The van der Waals surface area contributed by atoms with E-state index in [1.54, 1.807) is 0 Å². The molecule has 3 fully saturated rings. The second-order valence-corrected chi connectivity index (χ2v) is 13.3. The van der Waals surface area contributed by atoms with Crippen LogP contribution in [-0.2, 0) is 29.7 Å². The van der Waals surface area contributed by atoms with Crippen molar-refractivity contribution in [1.82, 2.24) is 9.62 Å². The van der Waals surface area contributed by atoms with Crippen LogP contribution in [0.5, 0.6) is 5.75 Å². The Bertz CT molecular complexity index is 1020. The summed E-state index contributed by atoms with van der Waals surface area (Å²) in [7, 11) is -9.45. The van der Waals surface area contributed by atoms with Gasteiger partial charge in [0.05, 0.1) is 47.1 Å². The van der Waals surface area contributed by atoms with E-state index < -0.39 is 53.9 Å². The van der Waals surface area contributed by atoms with Crippen molar-refractivity contribution in [2.45, 2.75) is 29.1 Å². The van der Waals surface area contributed by atoms with Crippen molar-refractivity contribution in [3.05, 3.63) is 24.3 Å². The Morgan fingerprint density at radius 3 is 1.85 bits per heavy atom. The molecule has 12 heteroatoms. The van der Waals surface area contributed by atoms with Crippen LogP contribution < -0.4 is 10.1 Å². The molecule has 1 N–H and O–H groups in total. The van der Waals surface area contributed by atoms with Gasteiger partial charge in [0.1, 0.15) is 5.75 Å². The van der Waals surface area contributed by atoms with Gasteiger partial charge in [-0.3, -0.25) is 0 Å². The zero-order valence-electron chi connectivity index (χ0n) is 14.5. The summed E-state index contributed by atoms with van der Waals surface area (Å²) >= 11 is 0. The number of ether oxygens (including phenoxy) is 1. The largest absolute Gasteiger partial charge is 0.497 e. The molecule has 1 aromatic carbocycles. The molecule has 4 atom stereocenters. The van der Waals surface area contributed by atoms with E-state index in [9.17, 15) is 25.3 Å². The van der Waals surface area contributed by atoms with Crippen LogP contribution in [0.15, 0.2) is 29.2 Å². The molecule has 3 heterocycles. The number of fused-ring (bicyclic) bond motifs is 2. The van der Waals surface area contributed by atoms with Crippen LogP contribution in [0.2, 0.25) is 0 Å². The molecule has 0 aliphatic carbocycles. The summed E-state index contributed by atoms with van der Waals surface area (Å²) in [6.07, 6.45) is 0. The van der Waals surface area contributed by atoms with Crippen molar-refractivity contribution in [3.63, 3.8) is 0 Å². The Kier molecular flexibility index (Phi) is 4.35. The number of nitrogens with zero attached hydrogens (tertiary/aromatic N) is 1. The maximum absolute atomic E-state index is 13.4. The molecule has 0 bridgehead atoms. The van der Waals surface area contributed by atoms with Crippen molar-refractivity contribution in [3.8, 4) is 5.75 Å². The van der Waals surface area contributed by atoms with Gasteiger partial charge in [-0.15, -0.1) is 0 Å². The fourth-order valence-electron chi connectivity index (χ4n) is 4.22. The molecule has 0 amide bonds. The second-order valence-electron chi connectivity index (χ2n) is 7.18. The number of benzene rings is 1. The highest BCUT2D eigenvalue weighted by atomic mass is 32.2. The molecule has 0 spiro atoms. The Labute approximate surface area is 158 Å². The quantitative estimate of drug-likeness (QED) is 0.614. The molecule has 27 heavy (non-hydrogen) atoms. The third-order valence-corrected chi connectivity index (χ3v) is 10.8. The molecule has 1 aromatic rings. The van der Waals surface area contributed by atoms with E-state index in [-0.39, 0.29) is 27.9 Å². The fourth-order valence-corrected chi connectivity index (χ4v) is 10.1. The summed E-state index contributed by atoms with van der Waals surface area (Å²) in [5.41, 5.74) is 0.